The average molecular weight is 242 g/mol. The van der Waals surface area contributed by atoms with E-state index in [2.05, 4.69) is 24.3 Å². The maximum Gasteiger partial charge on any atom is 0.0102 e. The van der Waals surface area contributed by atoms with Gasteiger partial charge >= 0.3 is 0 Å². The van der Waals surface area contributed by atoms with Crippen LogP contribution in [0.25, 0.3) is 0 Å². The Morgan fingerprint density at radius 3 is 2.06 bits per heavy atom. The second-order valence-electron chi connectivity index (χ2n) is 6.78. The van der Waals surface area contributed by atoms with Crippen LogP contribution < -0.4 is 5.32 Å². The molecule has 1 N–H and O–H groups in total. The zero-order chi connectivity index (χ0) is 13.3. The van der Waals surface area contributed by atoms with Crippen LogP contribution in [0.15, 0.2) is 0 Å². The number of rotatable bonds is 4. The molecule has 0 spiro atoms. The standard InChI is InChI=1S/C13H28N3O/c1-12(2)9-11(14-7-8-15(5)6)10-13(3,4)16(12)17/h11,14H,7-10H2,1-6H3/q-1. The van der Waals surface area contributed by atoms with Gasteiger partial charge in [-0.15, -0.1) is 0 Å². The molecule has 102 valence electrons. The van der Waals surface area contributed by atoms with E-state index in [1.54, 1.807) is 0 Å². The van der Waals surface area contributed by atoms with Gasteiger partial charge in [-0.25, -0.2) is 0 Å². The fraction of sp³-hybridized carbons (Fsp3) is 1.00. The summed E-state index contributed by atoms with van der Waals surface area (Å²) in [7, 11) is 4.16. The minimum atomic E-state index is -0.266. The van der Waals surface area contributed by atoms with Gasteiger partial charge in [0.25, 0.3) is 0 Å². The smallest absolute Gasteiger partial charge is 0.0102 e. The highest BCUT2D eigenvalue weighted by Gasteiger charge is 2.39. The van der Waals surface area contributed by atoms with Crippen molar-refractivity contribution in [1.29, 1.82) is 0 Å². The quantitative estimate of drug-likeness (QED) is 0.814. The van der Waals surface area contributed by atoms with E-state index in [9.17, 15) is 5.21 Å². The molecule has 0 bridgehead atoms. The van der Waals surface area contributed by atoms with E-state index < -0.39 is 0 Å². The zero-order valence-electron chi connectivity index (χ0n) is 12.2. The molecule has 0 aliphatic carbocycles. The molecule has 0 radical (unpaired) electrons. The Morgan fingerprint density at radius 2 is 1.65 bits per heavy atom. The number of likely N-dealkylation sites (N-methyl/N-ethyl adjacent to an activating group) is 1. The summed E-state index contributed by atoms with van der Waals surface area (Å²) in [5, 5.41) is 17.0. The Hall–Kier alpha value is -0.160. The topological polar surface area (TPSA) is 41.6 Å². The predicted molar refractivity (Wildman–Crippen MR) is 72.9 cm³/mol. The van der Waals surface area contributed by atoms with Gasteiger partial charge in [-0.05, 0) is 54.6 Å². The summed E-state index contributed by atoms with van der Waals surface area (Å²) in [4.78, 5) is 2.17. The average Bonchev–Trinajstić information content (AvgIpc) is 2.12. The number of nitrogens with one attached hydrogen (secondary N) is 1. The monoisotopic (exact) mass is 242 g/mol. The fourth-order valence-electron chi connectivity index (χ4n) is 2.90. The van der Waals surface area contributed by atoms with Gasteiger partial charge in [-0.2, -0.15) is 0 Å². The molecule has 0 atom stereocenters. The second-order valence-corrected chi connectivity index (χ2v) is 6.78. The summed E-state index contributed by atoms with van der Waals surface area (Å²) in [5.74, 6) is 0. The molecule has 1 saturated heterocycles. The zero-order valence-corrected chi connectivity index (χ0v) is 12.2. The van der Waals surface area contributed by atoms with E-state index in [1.165, 1.54) is 5.06 Å². The summed E-state index contributed by atoms with van der Waals surface area (Å²) in [6, 6.07) is 0.449. The van der Waals surface area contributed by atoms with Gasteiger partial charge in [0.15, 0.2) is 0 Å². The highest BCUT2D eigenvalue weighted by molar-refractivity contribution is 5.02. The van der Waals surface area contributed by atoms with Crippen molar-refractivity contribution in [3.05, 3.63) is 5.21 Å². The third-order valence-electron chi connectivity index (χ3n) is 3.58. The Bertz CT molecular complexity index is 233. The van der Waals surface area contributed by atoms with Crippen molar-refractivity contribution in [2.75, 3.05) is 27.2 Å². The molecule has 0 aromatic carbocycles. The third-order valence-corrected chi connectivity index (χ3v) is 3.58. The molecule has 1 aliphatic heterocycles. The van der Waals surface area contributed by atoms with E-state index >= 15 is 0 Å². The molecular weight excluding hydrogens is 214 g/mol. The predicted octanol–water partition coefficient (Wildman–Crippen LogP) is 1.66. The molecule has 0 saturated carbocycles. The van der Waals surface area contributed by atoms with Crippen LogP contribution in [-0.4, -0.2) is 54.3 Å². The molecule has 4 heteroatoms. The number of piperidine rings is 1. The lowest BCUT2D eigenvalue weighted by Crippen LogP contribution is -2.61. The molecule has 0 aromatic heterocycles. The van der Waals surface area contributed by atoms with Crippen LogP contribution in [0.5, 0.6) is 0 Å². The molecule has 1 fully saturated rings. The number of hydrogen-bond acceptors (Lipinski definition) is 4. The summed E-state index contributed by atoms with van der Waals surface area (Å²) >= 11 is 0. The molecule has 0 unspecified atom stereocenters. The Morgan fingerprint density at radius 1 is 1.18 bits per heavy atom. The Labute approximate surface area is 106 Å². The highest BCUT2D eigenvalue weighted by Crippen LogP contribution is 2.37. The summed E-state index contributed by atoms with van der Waals surface area (Å²) in [5.41, 5.74) is -0.533. The van der Waals surface area contributed by atoms with Crippen molar-refractivity contribution in [3.63, 3.8) is 0 Å². The normalized spacial score (nSPS) is 25.4. The van der Waals surface area contributed by atoms with E-state index in [0.29, 0.717) is 6.04 Å². The van der Waals surface area contributed by atoms with Crippen LogP contribution in [0.1, 0.15) is 40.5 Å². The summed E-state index contributed by atoms with van der Waals surface area (Å²) in [6.07, 6.45) is 1.85. The minimum absolute atomic E-state index is 0.266. The first kappa shape index (κ1) is 14.9. The lowest BCUT2D eigenvalue weighted by Gasteiger charge is -2.60. The first-order chi connectivity index (χ1) is 7.65. The summed E-state index contributed by atoms with van der Waals surface area (Å²) in [6.45, 7) is 10.2. The van der Waals surface area contributed by atoms with Crippen LogP contribution in [0.4, 0.5) is 0 Å². The van der Waals surface area contributed by atoms with Crippen molar-refractivity contribution in [2.45, 2.75) is 57.7 Å². The lowest BCUT2D eigenvalue weighted by atomic mass is 9.79. The maximum absolute atomic E-state index is 12.2. The third kappa shape index (κ3) is 3.91. The number of hydrogen-bond donors (Lipinski definition) is 1. The van der Waals surface area contributed by atoms with Crippen LogP contribution in [-0.2, 0) is 0 Å². The van der Waals surface area contributed by atoms with E-state index in [-0.39, 0.29) is 11.1 Å². The van der Waals surface area contributed by atoms with Gasteiger partial charge in [0.05, 0.1) is 0 Å². The first-order valence-electron chi connectivity index (χ1n) is 6.51. The van der Waals surface area contributed by atoms with E-state index in [0.717, 1.165) is 25.9 Å². The van der Waals surface area contributed by atoms with Crippen molar-refractivity contribution >= 4 is 0 Å². The molecule has 1 aliphatic rings. The molecule has 4 nitrogen and oxygen atoms in total. The molecule has 17 heavy (non-hydrogen) atoms. The van der Waals surface area contributed by atoms with Gasteiger partial charge in [0, 0.05) is 30.2 Å². The van der Waals surface area contributed by atoms with Gasteiger partial charge in [-0.1, -0.05) is 0 Å². The number of hydroxylamine groups is 2. The lowest BCUT2D eigenvalue weighted by molar-refractivity contribution is 0.00147. The number of nitrogens with zero attached hydrogens (tertiary/aromatic N) is 2. The molecule has 0 aromatic rings. The molecule has 1 heterocycles. The summed E-state index contributed by atoms with van der Waals surface area (Å²) < 4.78 is 0. The fourth-order valence-corrected chi connectivity index (χ4v) is 2.90. The first-order valence-corrected chi connectivity index (χ1v) is 6.51. The maximum atomic E-state index is 12.2. The van der Waals surface area contributed by atoms with Gasteiger partial charge in [0.2, 0.25) is 0 Å². The van der Waals surface area contributed by atoms with Crippen molar-refractivity contribution in [3.8, 4) is 0 Å². The van der Waals surface area contributed by atoms with Gasteiger partial charge in [-0.3, -0.25) is 0 Å². The van der Waals surface area contributed by atoms with Crippen molar-refractivity contribution in [1.82, 2.24) is 15.3 Å². The van der Waals surface area contributed by atoms with Crippen LogP contribution >= 0.6 is 0 Å². The minimum Gasteiger partial charge on any atom is -0.784 e. The van der Waals surface area contributed by atoms with E-state index in [1.807, 2.05) is 27.7 Å². The van der Waals surface area contributed by atoms with Crippen LogP contribution in [0.2, 0.25) is 0 Å². The molecular formula is C13H28N3O-. The highest BCUT2D eigenvalue weighted by atomic mass is 16.5. The van der Waals surface area contributed by atoms with Crippen molar-refractivity contribution < 1.29 is 0 Å². The molecule has 0 amide bonds. The Kier molecular flexibility index (Phi) is 4.58. The Balaban J connectivity index is 2.53. The van der Waals surface area contributed by atoms with Crippen molar-refractivity contribution in [2.24, 2.45) is 0 Å². The SMILES string of the molecule is CN(C)CCNC1CC(C)(C)N([O-])C(C)(C)C1. The van der Waals surface area contributed by atoms with E-state index in [4.69, 9.17) is 0 Å². The van der Waals surface area contributed by atoms with Crippen LogP contribution in [0, 0.1) is 5.21 Å². The molecule has 1 rings (SSSR count). The van der Waals surface area contributed by atoms with Crippen LogP contribution in [0.3, 0.4) is 0 Å². The van der Waals surface area contributed by atoms with Gasteiger partial charge in [0.1, 0.15) is 0 Å². The second kappa shape index (κ2) is 5.22. The van der Waals surface area contributed by atoms with Gasteiger partial charge < -0.3 is 20.5 Å². The largest absolute Gasteiger partial charge is 0.784 e.